The summed E-state index contributed by atoms with van der Waals surface area (Å²) >= 11 is 3.50. The zero-order chi connectivity index (χ0) is 12.3. The van der Waals surface area contributed by atoms with Gasteiger partial charge < -0.3 is 5.32 Å². The fraction of sp³-hybridized carbons (Fsp3) is 0.600. The summed E-state index contributed by atoms with van der Waals surface area (Å²) < 4.78 is 2.85. The lowest BCUT2D eigenvalue weighted by molar-refractivity contribution is -0.121. The van der Waals surface area contributed by atoms with Gasteiger partial charge in [-0.15, -0.1) is 0 Å². The summed E-state index contributed by atoms with van der Waals surface area (Å²) in [5.41, 5.74) is 2.04. The average Bonchev–Trinajstić information content (AvgIpc) is 2.45. The molecule has 1 rings (SSSR count). The van der Waals surface area contributed by atoms with Crippen molar-refractivity contribution in [3.63, 3.8) is 0 Å². The molecule has 0 saturated carbocycles. The van der Waals surface area contributed by atoms with Crippen LogP contribution in [0.15, 0.2) is 4.47 Å². The van der Waals surface area contributed by atoms with Crippen LogP contribution in [0.25, 0.3) is 0 Å². The maximum atomic E-state index is 11.2. The molecule has 6 heteroatoms. The molecule has 16 heavy (non-hydrogen) atoms. The van der Waals surface area contributed by atoms with E-state index in [9.17, 15) is 4.79 Å². The molecular formula is C10H17BrN4O. The van der Waals surface area contributed by atoms with Crippen molar-refractivity contribution in [2.45, 2.75) is 13.5 Å². The number of rotatable bonds is 4. The van der Waals surface area contributed by atoms with Crippen LogP contribution in [-0.2, 0) is 18.4 Å². The first-order valence-corrected chi connectivity index (χ1v) is 5.82. The number of nitrogens with zero attached hydrogens (tertiary/aromatic N) is 3. The minimum atomic E-state index is 0.0116. The number of likely N-dealkylation sites (N-methyl/N-ethyl adjacent to an activating group) is 2. The third-order valence-corrected chi connectivity index (χ3v) is 3.41. The quantitative estimate of drug-likeness (QED) is 0.886. The number of nitrogens with one attached hydrogen (secondary N) is 1. The molecule has 5 nitrogen and oxygen atoms in total. The van der Waals surface area contributed by atoms with Gasteiger partial charge in [-0.25, -0.2) is 0 Å². The molecule has 0 saturated heterocycles. The zero-order valence-corrected chi connectivity index (χ0v) is 11.6. The van der Waals surface area contributed by atoms with E-state index < -0.39 is 0 Å². The molecule has 0 aliphatic carbocycles. The fourth-order valence-corrected chi connectivity index (χ4v) is 1.95. The average molecular weight is 289 g/mol. The minimum Gasteiger partial charge on any atom is -0.358 e. The molecule has 0 atom stereocenters. The molecule has 0 aliphatic heterocycles. The summed E-state index contributed by atoms with van der Waals surface area (Å²) in [6.45, 7) is 3.02. The van der Waals surface area contributed by atoms with E-state index in [4.69, 9.17) is 0 Å². The lowest BCUT2D eigenvalue weighted by atomic mass is 10.3. The molecule has 0 bridgehead atoms. The summed E-state index contributed by atoms with van der Waals surface area (Å²) in [6, 6.07) is 0. The van der Waals surface area contributed by atoms with Crippen LogP contribution in [0.3, 0.4) is 0 Å². The van der Waals surface area contributed by atoms with Crippen LogP contribution in [0.5, 0.6) is 0 Å². The van der Waals surface area contributed by atoms with E-state index in [1.165, 1.54) is 0 Å². The lowest BCUT2D eigenvalue weighted by Crippen LogP contribution is -2.33. The number of carbonyl (C=O) groups excluding carboxylic acids is 1. The Morgan fingerprint density at radius 2 is 2.25 bits per heavy atom. The molecule has 0 spiro atoms. The van der Waals surface area contributed by atoms with Crippen molar-refractivity contribution >= 4 is 21.8 Å². The highest BCUT2D eigenvalue weighted by atomic mass is 79.9. The van der Waals surface area contributed by atoms with Gasteiger partial charge in [0, 0.05) is 20.6 Å². The van der Waals surface area contributed by atoms with Crippen LogP contribution in [0.2, 0.25) is 0 Å². The molecule has 1 N–H and O–H groups in total. The standard InChI is InChI=1S/C10H17BrN4O/c1-7-10(11)8(15(4)13-7)5-14(3)6-9(16)12-2/h5-6H2,1-4H3,(H,12,16). The third kappa shape index (κ3) is 3.05. The van der Waals surface area contributed by atoms with Gasteiger partial charge in [0.25, 0.3) is 0 Å². The van der Waals surface area contributed by atoms with Crippen molar-refractivity contribution in [2.75, 3.05) is 20.6 Å². The first-order valence-electron chi connectivity index (χ1n) is 5.02. The predicted molar refractivity (Wildman–Crippen MR) is 66.0 cm³/mol. The largest absolute Gasteiger partial charge is 0.358 e. The summed E-state index contributed by atoms with van der Waals surface area (Å²) in [6.07, 6.45) is 0. The molecule has 0 aromatic carbocycles. The number of hydrogen-bond donors (Lipinski definition) is 1. The van der Waals surface area contributed by atoms with E-state index >= 15 is 0 Å². The van der Waals surface area contributed by atoms with E-state index in [0.29, 0.717) is 13.1 Å². The van der Waals surface area contributed by atoms with Gasteiger partial charge >= 0.3 is 0 Å². The topological polar surface area (TPSA) is 50.2 Å². The molecule has 0 aliphatic rings. The molecule has 1 aromatic rings. The second kappa shape index (κ2) is 5.45. The van der Waals surface area contributed by atoms with Crippen molar-refractivity contribution in [1.82, 2.24) is 20.0 Å². The highest BCUT2D eigenvalue weighted by molar-refractivity contribution is 9.10. The van der Waals surface area contributed by atoms with Crippen molar-refractivity contribution in [3.05, 3.63) is 15.9 Å². The fourth-order valence-electron chi connectivity index (χ4n) is 1.49. The van der Waals surface area contributed by atoms with Gasteiger partial charge in [-0.3, -0.25) is 14.4 Å². The van der Waals surface area contributed by atoms with E-state index in [-0.39, 0.29) is 5.91 Å². The number of carbonyl (C=O) groups is 1. The molecule has 1 aromatic heterocycles. The first kappa shape index (κ1) is 13.2. The molecule has 1 amide bonds. The first-order chi connectivity index (χ1) is 7.45. The Balaban J connectivity index is 2.69. The summed E-state index contributed by atoms with van der Waals surface area (Å²) in [5.74, 6) is 0.0116. The van der Waals surface area contributed by atoms with Crippen molar-refractivity contribution in [2.24, 2.45) is 7.05 Å². The Bertz CT molecular complexity index is 388. The predicted octanol–water partition coefficient (Wildman–Crippen LogP) is 0.669. The van der Waals surface area contributed by atoms with Crippen LogP contribution < -0.4 is 5.32 Å². The Morgan fingerprint density at radius 1 is 1.62 bits per heavy atom. The maximum Gasteiger partial charge on any atom is 0.233 e. The van der Waals surface area contributed by atoms with Gasteiger partial charge in [0.05, 0.1) is 22.4 Å². The van der Waals surface area contributed by atoms with Crippen LogP contribution in [0.4, 0.5) is 0 Å². The highest BCUT2D eigenvalue weighted by Gasteiger charge is 2.13. The smallest absolute Gasteiger partial charge is 0.233 e. The Hall–Kier alpha value is -0.880. The summed E-state index contributed by atoms with van der Waals surface area (Å²) in [4.78, 5) is 13.1. The monoisotopic (exact) mass is 288 g/mol. The molecular weight excluding hydrogens is 272 g/mol. The van der Waals surface area contributed by atoms with E-state index in [1.807, 2.05) is 30.6 Å². The Kier molecular flexibility index (Phi) is 4.49. The molecule has 90 valence electrons. The van der Waals surface area contributed by atoms with Crippen LogP contribution >= 0.6 is 15.9 Å². The number of aryl methyl sites for hydroxylation is 2. The minimum absolute atomic E-state index is 0.0116. The van der Waals surface area contributed by atoms with Gasteiger partial charge in [0.15, 0.2) is 0 Å². The molecule has 0 unspecified atom stereocenters. The normalized spacial score (nSPS) is 10.9. The van der Waals surface area contributed by atoms with Gasteiger partial charge in [0.1, 0.15) is 0 Å². The number of hydrogen-bond acceptors (Lipinski definition) is 3. The highest BCUT2D eigenvalue weighted by Crippen LogP contribution is 2.21. The van der Waals surface area contributed by atoms with Gasteiger partial charge in [-0.2, -0.15) is 5.10 Å². The Morgan fingerprint density at radius 3 is 2.69 bits per heavy atom. The Labute approximate surface area is 104 Å². The molecule has 0 fully saturated rings. The summed E-state index contributed by atoms with van der Waals surface area (Å²) in [7, 11) is 5.45. The van der Waals surface area contributed by atoms with E-state index in [0.717, 1.165) is 15.9 Å². The number of aromatic nitrogens is 2. The maximum absolute atomic E-state index is 11.2. The third-order valence-electron chi connectivity index (χ3n) is 2.37. The van der Waals surface area contributed by atoms with Gasteiger partial charge in [0.2, 0.25) is 5.91 Å². The zero-order valence-electron chi connectivity index (χ0n) is 10.0. The second-order valence-electron chi connectivity index (χ2n) is 3.82. The lowest BCUT2D eigenvalue weighted by Gasteiger charge is -2.15. The van der Waals surface area contributed by atoms with Crippen LogP contribution in [0.1, 0.15) is 11.4 Å². The number of amides is 1. The van der Waals surface area contributed by atoms with E-state index in [2.05, 4.69) is 26.3 Å². The van der Waals surface area contributed by atoms with Crippen LogP contribution in [0, 0.1) is 6.92 Å². The molecule has 0 radical (unpaired) electrons. The number of halogens is 1. The van der Waals surface area contributed by atoms with Gasteiger partial charge in [-0.1, -0.05) is 0 Å². The SMILES string of the molecule is CNC(=O)CN(C)Cc1c(Br)c(C)nn1C. The molecule has 1 heterocycles. The van der Waals surface area contributed by atoms with Crippen molar-refractivity contribution < 1.29 is 4.79 Å². The van der Waals surface area contributed by atoms with Gasteiger partial charge in [-0.05, 0) is 29.9 Å². The van der Waals surface area contributed by atoms with Crippen molar-refractivity contribution in [1.29, 1.82) is 0 Å². The second-order valence-corrected chi connectivity index (χ2v) is 4.61. The van der Waals surface area contributed by atoms with Crippen molar-refractivity contribution in [3.8, 4) is 0 Å². The summed E-state index contributed by atoms with van der Waals surface area (Å²) in [5, 5.41) is 6.91. The van der Waals surface area contributed by atoms with E-state index in [1.54, 1.807) is 7.05 Å². The van der Waals surface area contributed by atoms with Crippen LogP contribution in [-0.4, -0.2) is 41.2 Å².